The van der Waals surface area contributed by atoms with E-state index in [1.54, 1.807) is 20.8 Å². The number of Topliss-reactive ketones (excluding diaryl/α,β-unsaturated/α-hetero) is 1. The molecule has 0 spiro atoms. The van der Waals surface area contributed by atoms with E-state index in [4.69, 9.17) is 4.74 Å². The van der Waals surface area contributed by atoms with Crippen LogP contribution in [0.1, 0.15) is 31.1 Å². The zero-order valence-corrected chi connectivity index (χ0v) is 11.6. The molecule has 0 aliphatic rings. The van der Waals surface area contributed by atoms with Crippen LogP contribution in [-0.4, -0.2) is 35.2 Å². The van der Waals surface area contributed by atoms with E-state index in [9.17, 15) is 19.1 Å². The molecule has 0 saturated heterocycles. The Balaban J connectivity index is 2.79. The van der Waals surface area contributed by atoms with Gasteiger partial charge in [0.2, 0.25) is 0 Å². The Morgan fingerprint density at radius 1 is 1.35 bits per heavy atom. The third-order valence-electron chi connectivity index (χ3n) is 2.33. The van der Waals surface area contributed by atoms with E-state index in [0.29, 0.717) is 0 Å². The van der Waals surface area contributed by atoms with E-state index in [0.717, 1.165) is 6.07 Å². The summed E-state index contributed by atoms with van der Waals surface area (Å²) in [6.45, 7) is 4.35. The van der Waals surface area contributed by atoms with Gasteiger partial charge in [-0.2, -0.15) is 0 Å². The average molecular weight is 283 g/mol. The van der Waals surface area contributed by atoms with Crippen LogP contribution >= 0.6 is 0 Å². The third-order valence-corrected chi connectivity index (χ3v) is 2.33. The number of carbonyl (C=O) groups is 2. The Kier molecular flexibility index (Phi) is 5.21. The van der Waals surface area contributed by atoms with Crippen molar-refractivity contribution in [3.05, 3.63) is 35.6 Å². The Labute approximate surface area is 116 Å². The summed E-state index contributed by atoms with van der Waals surface area (Å²) in [5.41, 5.74) is -0.923. The number of carbonyl (C=O) groups excluding carboxylic acids is 2. The summed E-state index contributed by atoms with van der Waals surface area (Å²) in [6.07, 6.45) is -0.846. The topological polar surface area (TPSA) is 75.6 Å². The van der Waals surface area contributed by atoms with Gasteiger partial charge in [0, 0.05) is 0 Å². The van der Waals surface area contributed by atoms with Gasteiger partial charge < -0.3 is 15.2 Å². The molecule has 0 aliphatic carbocycles. The molecule has 0 aromatic heterocycles. The van der Waals surface area contributed by atoms with Gasteiger partial charge in [0.05, 0.1) is 12.2 Å². The van der Waals surface area contributed by atoms with Crippen molar-refractivity contribution in [2.24, 2.45) is 0 Å². The highest BCUT2D eigenvalue weighted by atomic mass is 19.1. The lowest BCUT2D eigenvalue weighted by atomic mass is 10.0. The number of aliphatic hydroxyl groups is 1. The molecule has 1 atom stereocenters. The van der Waals surface area contributed by atoms with Crippen molar-refractivity contribution in [2.45, 2.75) is 32.4 Å². The monoisotopic (exact) mass is 283 g/mol. The second-order valence-corrected chi connectivity index (χ2v) is 5.23. The Morgan fingerprint density at radius 2 is 1.95 bits per heavy atom. The number of ether oxygens (including phenoxy) is 1. The van der Waals surface area contributed by atoms with Crippen LogP contribution in [-0.2, 0) is 4.74 Å². The molecule has 20 heavy (non-hydrogen) atoms. The molecule has 1 aromatic carbocycles. The number of alkyl carbamates (subject to hydrolysis) is 1. The maximum atomic E-state index is 13.5. The molecular formula is C14H18FNO4. The van der Waals surface area contributed by atoms with Gasteiger partial charge in [-0.05, 0) is 32.9 Å². The number of nitrogens with one attached hydrogen (secondary N) is 1. The van der Waals surface area contributed by atoms with E-state index in [1.807, 2.05) is 0 Å². The van der Waals surface area contributed by atoms with Crippen LogP contribution in [0.2, 0.25) is 0 Å². The van der Waals surface area contributed by atoms with Crippen molar-refractivity contribution in [3.8, 4) is 0 Å². The van der Waals surface area contributed by atoms with Crippen LogP contribution in [0.3, 0.4) is 0 Å². The number of ketones is 1. The van der Waals surface area contributed by atoms with E-state index < -0.39 is 35.9 Å². The maximum absolute atomic E-state index is 13.5. The summed E-state index contributed by atoms with van der Waals surface area (Å²) < 4.78 is 18.5. The van der Waals surface area contributed by atoms with Gasteiger partial charge in [0.1, 0.15) is 17.5 Å². The maximum Gasteiger partial charge on any atom is 0.408 e. The lowest BCUT2D eigenvalue weighted by molar-refractivity contribution is 0.0466. The SMILES string of the molecule is CC(C)(C)OC(=O)NC(CO)C(=O)c1ccccc1F. The number of benzene rings is 1. The summed E-state index contributed by atoms with van der Waals surface area (Å²) in [5.74, 6) is -1.42. The van der Waals surface area contributed by atoms with Crippen molar-refractivity contribution >= 4 is 11.9 Å². The second-order valence-electron chi connectivity index (χ2n) is 5.23. The van der Waals surface area contributed by atoms with Gasteiger partial charge >= 0.3 is 6.09 Å². The van der Waals surface area contributed by atoms with Gasteiger partial charge in [0.15, 0.2) is 5.78 Å². The minimum absolute atomic E-state index is 0.192. The molecule has 2 N–H and O–H groups in total. The molecule has 1 unspecified atom stereocenters. The number of rotatable bonds is 4. The van der Waals surface area contributed by atoms with Crippen molar-refractivity contribution in [2.75, 3.05) is 6.61 Å². The summed E-state index contributed by atoms with van der Waals surface area (Å²) in [6, 6.07) is 4.12. The normalized spacial score (nSPS) is 12.7. The predicted molar refractivity (Wildman–Crippen MR) is 71.0 cm³/mol. The van der Waals surface area contributed by atoms with Crippen LogP contribution < -0.4 is 5.32 Å². The molecule has 1 amide bonds. The van der Waals surface area contributed by atoms with E-state index in [1.165, 1.54) is 18.2 Å². The van der Waals surface area contributed by atoms with Gasteiger partial charge in [0.25, 0.3) is 0 Å². The molecule has 1 rings (SSSR count). The van der Waals surface area contributed by atoms with Crippen LogP contribution in [0.25, 0.3) is 0 Å². The number of hydrogen-bond acceptors (Lipinski definition) is 4. The van der Waals surface area contributed by atoms with Gasteiger partial charge in [-0.25, -0.2) is 9.18 Å². The molecule has 0 saturated carbocycles. The largest absolute Gasteiger partial charge is 0.444 e. The molecule has 0 radical (unpaired) electrons. The van der Waals surface area contributed by atoms with Crippen molar-refractivity contribution in [3.63, 3.8) is 0 Å². The van der Waals surface area contributed by atoms with Crippen LogP contribution in [0.4, 0.5) is 9.18 Å². The van der Waals surface area contributed by atoms with Crippen LogP contribution in [0, 0.1) is 5.82 Å². The Hall–Kier alpha value is -1.95. The minimum Gasteiger partial charge on any atom is -0.444 e. The van der Waals surface area contributed by atoms with E-state index in [-0.39, 0.29) is 5.56 Å². The average Bonchev–Trinajstić information content (AvgIpc) is 2.33. The van der Waals surface area contributed by atoms with E-state index >= 15 is 0 Å². The fraction of sp³-hybridized carbons (Fsp3) is 0.429. The highest BCUT2D eigenvalue weighted by Gasteiger charge is 2.26. The molecule has 110 valence electrons. The highest BCUT2D eigenvalue weighted by molar-refractivity contribution is 6.01. The molecule has 0 heterocycles. The van der Waals surface area contributed by atoms with Crippen LogP contribution in [0.5, 0.6) is 0 Å². The summed E-state index contributed by atoms with van der Waals surface area (Å²) in [5, 5.41) is 11.4. The molecule has 0 fully saturated rings. The molecule has 0 bridgehead atoms. The Bertz CT molecular complexity index is 496. The number of amides is 1. The van der Waals surface area contributed by atoms with Crippen molar-refractivity contribution in [1.82, 2.24) is 5.32 Å². The first kappa shape index (κ1) is 16.1. The summed E-state index contributed by atoms with van der Waals surface area (Å²) in [4.78, 5) is 23.6. The first-order chi connectivity index (χ1) is 9.24. The first-order valence-electron chi connectivity index (χ1n) is 6.13. The zero-order chi connectivity index (χ0) is 15.3. The summed E-state index contributed by atoms with van der Waals surface area (Å²) >= 11 is 0. The number of aliphatic hydroxyl groups excluding tert-OH is 1. The smallest absolute Gasteiger partial charge is 0.408 e. The fourth-order valence-electron chi connectivity index (χ4n) is 1.49. The predicted octanol–water partition coefficient (Wildman–Crippen LogP) is 1.89. The minimum atomic E-state index is -1.25. The molecule has 5 nitrogen and oxygen atoms in total. The summed E-state index contributed by atoms with van der Waals surface area (Å²) in [7, 11) is 0. The van der Waals surface area contributed by atoms with Gasteiger partial charge in [-0.15, -0.1) is 0 Å². The number of halogens is 1. The van der Waals surface area contributed by atoms with Crippen molar-refractivity contribution < 1.29 is 23.8 Å². The third kappa shape index (κ3) is 4.62. The van der Waals surface area contributed by atoms with Crippen molar-refractivity contribution in [1.29, 1.82) is 0 Å². The quantitative estimate of drug-likeness (QED) is 0.827. The fourth-order valence-corrected chi connectivity index (χ4v) is 1.49. The van der Waals surface area contributed by atoms with E-state index in [2.05, 4.69) is 5.32 Å². The second kappa shape index (κ2) is 6.47. The lowest BCUT2D eigenvalue weighted by Gasteiger charge is -2.22. The van der Waals surface area contributed by atoms with Crippen LogP contribution in [0.15, 0.2) is 24.3 Å². The molecule has 0 aliphatic heterocycles. The molecular weight excluding hydrogens is 265 g/mol. The Morgan fingerprint density at radius 3 is 2.45 bits per heavy atom. The number of hydrogen-bond donors (Lipinski definition) is 2. The van der Waals surface area contributed by atoms with Gasteiger partial charge in [-0.1, -0.05) is 12.1 Å². The first-order valence-corrected chi connectivity index (χ1v) is 6.13. The lowest BCUT2D eigenvalue weighted by Crippen LogP contribution is -2.45. The molecule has 6 heteroatoms. The van der Waals surface area contributed by atoms with Gasteiger partial charge in [-0.3, -0.25) is 4.79 Å². The highest BCUT2D eigenvalue weighted by Crippen LogP contribution is 2.11. The molecule has 1 aromatic rings. The zero-order valence-electron chi connectivity index (χ0n) is 11.6. The standard InChI is InChI=1S/C14H18FNO4/c1-14(2,3)20-13(19)16-11(8-17)12(18)9-6-4-5-7-10(9)15/h4-7,11,17H,8H2,1-3H3,(H,16,19).